The third kappa shape index (κ3) is 31.3. The van der Waals surface area contributed by atoms with Crippen molar-refractivity contribution in [3.05, 3.63) is 235 Å². The number of anilines is 1. The van der Waals surface area contributed by atoms with E-state index in [1.165, 1.54) is 40.7 Å². The molecule has 21 heteroatoms. The number of methoxy groups -OCH3 is 2. The second-order valence-corrected chi connectivity index (χ2v) is 28.5. The number of phosphoric acid groups is 1. The zero-order chi connectivity index (χ0) is 75.2. The molecule has 7 aromatic rings. The molecule has 562 valence electrons. The summed E-state index contributed by atoms with van der Waals surface area (Å²) < 4.78 is 58.4. The number of aromatic hydroxyl groups is 1. The molecule has 0 amide bonds. The molecular formula is C84H107ClNNaO16P2. The van der Waals surface area contributed by atoms with E-state index in [0.717, 1.165) is 150 Å². The van der Waals surface area contributed by atoms with Crippen LogP contribution in [0.3, 0.4) is 0 Å². The molecule has 17 nitrogen and oxygen atoms in total. The predicted molar refractivity (Wildman–Crippen MR) is 420 cm³/mol. The van der Waals surface area contributed by atoms with Gasteiger partial charge in [-0.15, -0.1) is 0 Å². The van der Waals surface area contributed by atoms with Crippen molar-refractivity contribution in [2.75, 3.05) is 46.4 Å². The maximum Gasteiger partial charge on any atom is 1.00 e. The fourth-order valence-electron chi connectivity index (χ4n) is 12.0. The molecule has 6 aliphatic rings. The van der Waals surface area contributed by atoms with E-state index in [1.54, 1.807) is 48.0 Å². The number of nitrogen functional groups attached to an aromatic ring is 1. The van der Waals surface area contributed by atoms with Gasteiger partial charge in [0, 0.05) is 76.0 Å². The maximum atomic E-state index is 12.4. The largest absolute Gasteiger partial charge is 1.00 e. The van der Waals surface area contributed by atoms with Crippen molar-refractivity contribution in [2.45, 2.75) is 171 Å². The number of ether oxygens (including phenoxy) is 2. The third-order valence-corrected chi connectivity index (χ3v) is 20.2. The summed E-state index contributed by atoms with van der Waals surface area (Å²) in [6.07, 6.45) is 29.0. The fraction of sp³-hybridized carbons (Fsp3) is 0.381. The molecule has 0 spiro atoms. The number of ketones is 3. The molecule has 13 rings (SSSR count). The monoisotopic (exact) mass is 1510 g/mol. The van der Waals surface area contributed by atoms with Crippen molar-refractivity contribution in [3.8, 4) is 23.0 Å². The molecule has 105 heavy (non-hydrogen) atoms. The summed E-state index contributed by atoms with van der Waals surface area (Å²) in [5, 5.41) is 17.8. The number of carboxylic acids is 1. The van der Waals surface area contributed by atoms with Gasteiger partial charge in [0.25, 0.3) is 0 Å². The quantitative estimate of drug-likeness (QED) is 0.0461. The molecule has 0 unspecified atom stereocenters. The van der Waals surface area contributed by atoms with Gasteiger partial charge in [-0.25, -0.2) is 9.13 Å². The summed E-state index contributed by atoms with van der Waals surface area (Å²) in [6.45, 7) is 13.1. The first-order valence-electron chi connectivity index (χ1n) is 35.9. The summed E-state index contributed by atoms with van der Waals surface area (Å²) >= 11 is 5.25. The van der Waals surface area contributed by atoms with Gasteiger partial charge in [-0.3, -0.25) is 37.3 Å². The molecule has 0 atom stereocenters. The number of phenolic OH excluding ortho intramolecular Hbond substituents is 1. The van der Waals surface area contributed by atoms with Crippen LogP contribution in [0.4, 0.5) is 5.69 Å². The Balaban J connectivity index is 0.000000312. The van der Waals surface area contributed by atoms with E-state index in [2.05, 4.69) is 82.8 Å². The Kier molecular flexibility index (Phi) is 43.5. The van der Waals surface area contributed by atoms with E-state index in [9.17, 15) is 33.4 Å². The van der Waals surface area contributed by atoms with E-state index in [-0.39, 0.29) is 66.2 Å². The third-order valence-electron chi connectivity index (χ3n) is 16.9. The zero-order valence-electron chi connectivity index (χ0n) is 63.2. The van der Waals surface area contributed by atoms with Crippen LogP contribution in [0, 0.1) is 13.8 Å². The van der Waals surface area contributed by atoms with Crippen LogP contribution in [0.25, 0.3) is 18.2 Å². The molecule has 5 N–H and O–H groups in total. The van der Waals surface area contributed by atoms with E-state index < -0.39 is 20.7 Å². The first-order valence-corrected chi connectivity index (χ1v) is 39.8. The van der Waals surface area contributed by atoms with E-state index in [1.807, 2.05) is 118 Å². The fourth-order valence-corrected chi connectivity index (χ4v) is 14.5. The van der Waals surface area contributed by atoms with Crippen molar-refractivity contribution >= 4 is 73.2 Å². The molecule has 0 fully saturated rings. The molecule has 6 aliphatic carbocycles. The number of aliphatic carboxylic acids is 1. The maximum absolute atomic E-state index is 12.4. The second kappa shape index (κ2) is 49.6. The van der Waals surface area contributed by atoms with Crippen LogP contribution < -0.4 is 49.3 Å². The number of carbonyl (C=O) groups excluding carboxylic acids is 3. The van der Waals surface area contributed by atoms with Crippen molar-refractivity contribution in [3.63, 3.8) is 0 Å². The van der Waals surface area contributed by atoms with Gasteiger partial charge >= 0.3 is 50.3 Å². The molecular weight excluding hydrogens is 1400 g/mol. The Labute approximate surface area is 649 Å². The molecule has 0 saturated heterocycles. The van der Waals surface area contributed by atoms with Crippen molar-refractivity contribution in [2.24, 2.45) is 0 Å². The number of hydrogen-bond acceptors (Lipinski definition) is 16. The smallest absolute Gasteiger partial charge is 0.870 e. The van der Waals surface area contributed by atoms with Gasteiger partial charge in [0.15, 0.2) is 17.3 Å². The number of allylic oxidation sites excluding steroid dienone is 3. The Morgan fingerprint density at radius 2 is 1.00 bits per heavy atom. The van der Waals surface area contributed by atoms with E-state index in [4.69, 9.17) is 45.1 Å². The number of halogens is 1. The Morgan fingerprint density at radius 1 is 0.524 bits per heavy atom. The van der Waals surface area contributed by atoms with Crippen LogP contribution in [0.15, 0.2) is 152 Å². The van der Waals surface area contributed by atoms with Crippen molar-refractivity contribution in [1.29, 1.82) is 0 Å². The minimum absolute atomic E-state index is 0. The summed E-state index contributed by atoms with van der Waals surface area (Å²) in [7, 11) is -0.244. The number of benzene rings is 7. The number of fused-ring (bicyclic) bond motifs is 6. The predicted octanol–water partition coefficient (Wildman–Crippen LogP) is 18.4. The Bertz CT molecular complexity index is 3960. The topological polar surface area (TPSA) is 264 Å². The van der Waals surface area contributed by atoms with Gasteiger partial charge in [-0.1, -0.05) is 141 Å². The summed E-state index contributed by atoms with van der Waals surface area (Å²) in [6, 6.07) is 43.0. The number of nitrogens with two attached hydrogens (primary N) is 1. The molecule has 0 bridgehead atoms. The second-order valence-electron chi connectivity index (χ2n) is 24.3. The van der Waals surface area contributed by atoms with Gasteiger partial charge in [0.05, 0.1) is 40.6 Å². The van der Waals surface area contributed by atoms with Crippen LogP contribution in [-0.4, -0.2) is 79.7 Å². The number of hydrogen-bond donors (Lipinski definition) is 3. The number of carbonyl (C=O) groups is 4. The van der Waals surface area contributed by atoms with E-state index >= 15 is 0 Å². The molecule has 0 heterocycles. The standard InChI is InChI=1S/C14H19O4P.2C11H12O2.C11H12O.C11H12.C10H13NO2.C10H10O.C4H10ClO3P.C2H6.Na.H2O/c1-3-16-19(15,17-4-2)18-14-11-7-9-12-8-5-6-10-13(12)14;1-13-11-7-3-4-8-9(11)5-2-6-10(8)12;1-13-9-6-5-8-3-2-4-11(12)10(8)7-9;1-8-5-6-9-3-2-4-11(12)10(9)7-8;1-9-5-4-7-10-6-2-3-8-11(9)10;11-9-6-4-8(5-7-9)2-1-3-10(12)13;11-10-7-3-5-8-4-1-2-6-9(8)10;1-3-7-9(5,6)8-4-2;1-2;;/h5,7-9,11H,3-4,6,10H2,1-2H3;3-4,7H,2,5-6H2,1H3;5-7H,2-4H2,1H3;5-7H,2-4H2,1H3;2,4-7H,3,8H2,1H3;4-7H,1-3,11H2,(H,12,13);1,3-5,7,11H,2,6H2;3-4H2,1-2H3;1-2H3;;1H2/q;;;;;;;;;+1;/p-1. The average Bonchev–Trinajstić information content (AvgIpc) is 0.832. The molecule has 7 aromatic carbocycles. The average molecular weight is 1510 g/mol. The van der Waals surface area contributed by atoms with E-state index in [0.29, 0.717) is 49.8 Å². The van der Waals surface area contributed by atoms with Gasteiger partial charge < -0.3 is 35.4 Å². The number of phenols is 1. The number of Topliss-reactive ketones (excluding diaryl/α,β-unsaturated/α-hetero) is 3. The minimum Gasteiger partial charge on any atom is -0.870 e. The molecule has 0 saturated carbocycles. The minimum atomic E-state index is -3.51. The number of aryl methyl sites for hydroxylation is 5. The first-order chi connectivity index (χ1) is 49.6. The number of rotatable bonds is 16. The van der Waals surface area contributed by atoms with Crippen molar-refractivity contribution in [1.82, 2.24) is 0 Å². The van der Waals surface area contributed by atoms with Crippen LogP contribution >= 0.6 is 26.0 Å². The molecule has 0 aliphatic heterocycles. The van der Waals surface area contributed by atoms with Gasteiger partial charge in [0.1, 0.15) is 23.0 Å². The van der Waals surface area contributed by atoms with Crippen LogP contribution in [0.1, 0.15) is 210 Å². The molecule has 0 radical (unpaired) electrons. The molecule has 0 aromatic heterocycles. The van der Waals surface area contributed by atoms with Gasteiger partial charge in [0.2, 0.25) is 0 Å². The van der Waals surface area contributed by atoms with Crippen LogP contribution in [0.5, 0.6) is 23.0 Å². The van der Waals surface area contributed by atoms with Gasteiger partial charge in [-0.05, 0) is 224 Å². The normalized spacial score (nSPS) is 13.5. The number of phosphoric ester groups is 1. The Morgan fingerprint density at radius 3 is 1.53 bits per heavy atom. The summed E-state index contributed by atoms with van der Waals surface area (Å²) in [5.41, 5.74) is 23.5. The summed E-state index contributed by atoms with van der Waals surface area (Å²) in [5.74, 6) is 2.73. The zero-order valence-corrected chi connectivity index (χ0v) is 67.8. The van der Waals surface area contributed by atoms with Crippen molar-refractivity contribution < 1.29 is 106 Å². The SMILES string of the molecule is CC.CCOP(=O)(Cl)OCC.CCOP(=O)(OCC)Oc1cccc2c1CCC=C2.COc1ccc2c(c1)C(=O)CCC2.COc1cccc2c1CCCC2=O.Cc1ccc2c(c1)C(=O)CCC2.Cc1cccc2c1CCC=C2.Nc1ccc(CCCC(=O)O)cc1.Oc1cccc2c1CCC=C2.[Na+].[OH-]. The van der Waals surface area contributed by atoms with Gasteiger partial charge in [-0.2, -0.15) is 0 Å². The van der Waals surface area contributed by atoms with Crippen LogP contribution in [0.2, 0.25) is 0 Å². The number of carboxylic acid groups (broad SMARTS) is 1. The first kappa shape index (κ1) is 92.0. The summed E-state index contributed by atoms with van der Waals surface area (Å²) in [4.78, 5) is 44.7. The van der Waals surface area contributed by atoms with Crippen LogP contribution in [-0.2, 0) is 77.0 Å². The Hall–Kier alpha value is -7.21.